The van der Waals surface area contributed by atoms with Gasteiger partial charge in [-0.05, 0) is 59.7 Å². The predicted molar refractivity (Wildman–Crippen MR) is 90.8 cm³/mol. The molecule has 0 amide bonds. The number of halogens is 2. The lowest BCUT2D eigenvalue weighted by atomic mass is 10.0. The molecule has 0 spiro atoms. The Balaban J connectivity index is 2.05. The van der Waals surface area contributed by atoms with Gasteiger partial charge in [-0.15, -0.1) is 0 Å². The molecule has 2 aromatic rings. The van der Waals surface area contributed by atoms with E-state index < -0.39 is 0 Å². The van der Waals surface area contributed by atoms with E-state index >= 15 is 0 Å². The first-order valence-electron chi connectivity index (χ1n) is 6.74. The summed E-state index contributed by atoms with van der Waals surface area (Å²) in [5.74, 6) is 1.80. The predicted octanol–water partition coefficient (Wildman–Crippen LogP) is 4.64. The van der Waals surface area contributed by atoms with Crippen LogP contribution >= 0.6 is 34.2 Å². The SMILES string of the molecule is Nc1nc(-c2ccc(Cl)cc2)nc(C2CCCC2)c1I. The summed E-state index contributed by atoms with van der Waals surface area (Å²) in [6.45, 7) is 0. The minimum Gasteiger partial charge on any atom is -0.383 e. The topological polar surface area (TPSA) is 51.8 Å². The smallest absolute Gasteiger partial charge is 0.161 e. The van der Waals surface area contributed by atoms with Crippen LogP contribution in [0.2, 0.25) is 5.02 Å². The number of nitrogens with two attached hydrogens (primary N) is 1. The van der Waals surface area contributed by atoms with E-state index in [4.69, 9.17) is 22.3 Å². The highest BCUT2D eigenvalue weighted by Crippen LogP contribution is 2.37. The van der Waals surface area contributed by atoms with Gasteiger partial charge < -0.3 is 5.73 Å². The monoisotopic (exact) mass is 399 g/mol. The van der Waals surface area contributed by atoms with E-state index in [1.165, 1.54) is 25.7 Å². The molecule has 0 atom stereocenters. The molecule has 0 bridgehead atoms. The molecule has 0 radical (unpaired) electrons. The van der Waals surface area contributed by atoms with Crippen LogP contribution in [0.5, 0.6) is 0 Å². The maximum absolute atomic E-state index is 6.07. The van der Waals surface area contributed by atoms with Gasteiger partial charge in [0.25, 0.3) is 0 Å². The van der Waals surface area contributed by atoms with E-state index in [1.54, 1.807) is 0 Å². The molecule has 3 rings (SSSR count). The lowest BCUT2D eigenvalue weighted by Crippen LogP contribution is -2.07. The molecule has 1 aliphatic rings. The second kappa shape index (κ2) is 5.85. The van der Waals surface area contributed by atoms with Crippen LogP contribution in [0, 0.1) is 3.57 Å². The van der Waals surface area contributed by atoms with Crippen LogP contribution in [0.3, 0.4) is 0 Å². The molecule has 20 heavy (non-hydrogen) atoms. The minimum absolute atomic E-state index is 0.526. The van der Waals surface area contributed by atoms with Gasteiger partial charge in [0.1, 0.15) is 5.82 Å². The highest BCUT2D eigenvalue weighted by atomic mass is 127. The highest BCUT2D eigenvalue weighted by molar-refractivity contribution is 14.1. The van der Waals surface area contributed by atoms with Crippen LogP contribution in [0.25, 0.3) is 11.4 Å². The van der Waals surface area contributed by atoms with E-state index in [-0.39, 0.29) is 0 Å². The van der Waals surface area contributed by atoms with Crippen LogP contribution in [0.15, 0.2) is 24.3 Å². The molecule has 1 fully saturated rings. The van der Waals surface area contributed by atoms with Crippen molar-refractivity contribution in [2.75, 3.05) is 5.73 Å². The summed E-state index contributed by atoms with van der Waals surface area (Å²) in [6.07, 6.45) is 4.96. The summed E-state index contributed by atoms with van der Waals surface area (Å²) in [6, 6.07) is 7.57. The lowest BCUT2D eigenvalue weighted by molar-refractivity contribution is 0.691. The quantitative estimate of drug-likeness (QED) is 0.748. The van der Waals surface area contributed by atoms with Crippen molar-refractivity contribution in [2.24, 2.45) is 0 Å². The molecular formula is C15H15ClIN3. The minimum atomic E-state index is 0.526. The van der Waals surface area contributed by atoms with Crippen LogP contribution in [-0.4, -0.2) is 9.97 Å². The highest BCUT2D eigenvalue weighted by Gasteiger charge is 2.23. The third kappa shape index (κ3) is 2.76. The maximum Gasteiger partial charge on any atom is 0.161 e. The van der Waals surface area contributed by atoms with Crippen molar-refractivity contribution in [1.29, 1.82) is 0 Å². The van der Waals surface area contributed by atoms with E-state index in [2.05, 4.69) is 27.6 Å². The fourth-order valence-electron chi connectivity index (χ4n) is 2.68. The van der Waals surface area contributed by atoms with Gasteiger partial charge in [0, 0.05) is 16.5 Å². The van der Waals surface area contributed by atoms with Gasteiger partial charge in [-0.25, -0.2) is 9.97 Å². The van der Waals surface area contributed by atoms with E-state index in [0.717, 1.165) is 14.8 Å². The zero-order valence-corrected chi connectivity index (χ0v) is 13.9. The van der Waals surface area contributed by atoms with Gasteiger partial charge in [-0.1, -0.05) is 24.4 Å². The van der Waals surface area contributed by atoms with Crippen LogP contribution in [0.1, 0.15) is 37.3 Å². The van der Waals surface area contributed by atoms with Gasteiger partial charge in [0.2, 0.25) is 0 Å². The van der Waals surface area contributed by atoms with E-state index in [9.17, 15) is 0 Å². The number of rotatable bonds is 2. The molecular weight excluding hydrogens is 385 g/mol. The first-order valence-corrected chi connectivity index (χ1v) is 8.19. The summed E-state index contributed by atoms with van der Waals surface area (Å²) in [5.41, 5.74) is 8.14. The number of hydrogen-bond donors (Lipinski definition) is 1. The van der Waals surface area contributed by atoms with Crippen LogP contribution in [0.4, 0.5) is 5.82 Å². The number of hydrogen-bond acceptors (Lipinski definition) is 3. The average Bonchev–Trinajstić information content (AvgIpc) is 2.96. The Hall–Kier alpha value is -0.880. The Morgan fingerprint density at radius 2 is 1.75 bits per heavy atom. The Kier molecular flexibility index (Phi) is 4.12. The number of nitrogens with zero attached hydrogens (tertiary/aromatic N) is 2. The largest absolute Gasteiger partial charge is 0.383 e. The maximum atomic E-state index is 6.07. The Morgan fingerprint density at radius 1 is 1.10 bits per heavy atom. The molecule has 3 nitrogen and oxygen atoms in total. The molecule has 1 aromatic heterocycles. The standard InChI is InChI=1S/C15H15ClIN3/c16-11-7-5-10(6-8-11)15-19-13(9-3-1-2-4-9)12(17)14(18)20-15/h5-9H,1-4H2,(H2,18,19,20). The zero-order valence-electron chi connectivity index (χ0n) is 10.9. The first kappa shape index (κ1) is 14.1. The summed E-state index contributed by atoms with van der Waals surface area (Å²) in [5, 5.41) is 0.711. The molecule has 1 heterocycles. The van der Waals surface area contributed by atoms with Crippen molar-refractivity contribution in [3.05, 3.63) is 38.6 Å². The molecule has 0 unspecified atom stereocenters. The van der Waals surface area contributed by atoms with E-state index in [1.807, 2.05) is 24.3 Å². The molecule has 104 valence electrons. The van der Waals surface area contributed by atoms with Crippen molar-refractivity contribution in [1.82, 2.24) is 9.97 Å². The summed E-state index contributed by atoms with van der Waals surface area (Å²) < 4.78 is 1.01. The van der Waals surface area contributed by atoms with Crippen molar-refractivity contribution in [3.63, 3.8) is 0 Å². The first-order chi connectivity index (χ1) is 9.65. The summed E-state index contributed by atoms with van der Waals surface area (Å²) in [4.78, 5) is 9.19. The van der Waals surface area contributed by atoms with Crippen molar-refractivity contribution < 1.29 is 0 Å². The Labute approximate surface area is 137 Å². The number of anilines is 1. The second-order valence-corrected chi connectivity index (χ2v) is 6.64. The molecule has 1 aromatic carbocycles. The van der Waals surface area contributed by atoms with Crippen molar-refractivity contribution in [2.45, 2.75) is 31.6 Å². The normalized spacial score (nSPS) is 15.7. The van der Waals surface area contributed by atoms with Crippen molar-refractivity contribution in [3.8, 4) is 11.4 Å². The second-order valence-electron chi connectivity index (χ2n) is 5.12. The van der Waals surface area contributed by atoms with Gasteiger partial charge in [-0.3, -0.25) is 0 Å². The molecule has 5 heteroatoms. The summed E-state index contributed by atoms with van der Waals surface area (Å²) in [7, 11) is 0. The van der Waals surface area contributed by atoms with Crippen LogP contribution in [-0.2, 0) is 0 Å². The van der Waals surface area contributed by atoms with E-state index in [0.29, 0.717) is 22.6 Å². The molecule has 1 aliphatic carbocycles. The molecule has 2 N–H and O–H groups in total. The third-order valence-corrected chi connectivity index (χ3v) is 5.10. The number of aromatic nitrogens is 2. The fraction of sp³-hybridized carbons (Fsp3) is 0.333. The van der Waals surface area contributed by atoms with Gasteiger partial charge in [-0.2, -0.15) is 0 Å². The molecule has 0 aliphatic heterocycles. The van der Waals surface area contributed by atoms with Crippen LogP contribution < -0.4 is 5.73 Å². The average molecular weight is 400 g/mol. The van der Waals surface area contributed by atoms with Gasteiger partial charge >= 0.3 is 0 Å². The number of benzene rings is 1. The Morgan fingerprint density at radius 3 is 2.40 bits per heavy atom. The molecule has 1 saturated carbocycles. The summed E-state index contributed by atoms with van der Waals surface area (Å²) >= 11 is 8.19. The fourth-order valence-corrected chi connectivity index (χ4v) is 3.49. The van der Waals surface area contributed by atoms with Gasteiger partial charge in [0.05, 0.1) is 9.26 Å². The Bertz CT molecular complexity index is 622. The lowest BCUT2D eigenvalue weighted by Gasteiger charge is -2.14. The van der Waals surface area contributed by atoms with Crippen molar-refractivity contribution >= 4 is 40.0 Å². The number of nitrogen functional groups attached to an aromatic ring is 1. The third-order valence-electron chi connectivity index (χ3n) is 3.75. The molecule has 0 saturated heterocycles. The zero-order chi connectivity index (χ0) is 14.1. The van der Waals surface area contributed by atoms with Gasteiger partial charge in [0.15, 0.2) is 5.82 Å².